The maximum absolute atomic E-state index is 11.9. The van der Waals surface area contributed by atoms with Gasteiger partial charge in [0.1, 0.15) is 0 Å². The number of Topliss-reactive ketones (excluding diaryl/α,β-unsaturated/α-hetero) is 1. The molecule has 1 rings (SSSR count). The number of carbonyl (C=O) groups is 2. The third-order valence-electron chi connectivity index (χ3n) is 3.19. The molecular weight excluding hydrogens is 260 g/mol. The molecule has 6 nitrogen and oxygen atoms in total. The van der Waals surface area contributed by atoms with Crippen LogP contribution in [0.4, 0.5) is 10.5 Å². The summed E-state index contributed by atoms with van der Waals surface area (Å²) in [6.07, 6.45) is 0.390. The largest absolute Gasteiger partial charge is 0.394 e. The zero-order valence-electron chi connectivity index (χ0n) is 11.6. The number of rotatable bonds is 6. The van der Waals surface area contributed by atoms with E-state index >= 15 is 0 Å². The predicted octanol–water partition coefficient (Wildman–Crippen LogP) is 1.14. The van der Waals surface area contributed by atoms with Gasteiger partial charge in [0, 0.05) is 11.3 Å². The molecule has 6 heteroatoms. The Morgan fingerprint density at radius 3 is 2.40 bits per heavy atom. The number of anilines is 1. The van der Waals surface area contributed by atoms with Gasteiger partial charge in [-0.1, -0.05) is 19.1 Å². The molecule has 4 N–H and O–H groups in total. The second-order valence-electron chi connectivity index (χ2n) is 4.67. The molecular formula is C14H20N2O4. The molecule has 0 aliphatic carbocycles. The lowest BCUT2D eigenvalue weighted by molar-refractivity contribution is 0.0955. The highest BCUT2D eigenvalue weighted by Gasteiger charge is 2.28. The summed E-state index contributed by atoms with van der Waals surface area (Å²) < 4.78 is 0. The fourth-order valence-electron chi connectivity index (χ4n) is 1.66. The van der Waals surface area contributed by atoms with Crippen molar-refractivity contribution in [3.05, 3.63) is 29.8 Å². The molecule has 110 valence electrons. The summed E-state index contributed by atoms with van der Waals surface area (Å²) in [6, 6.07) is 5.99. The van der Waals surface area contributed by atoms with Gasteiger partial charge in [0.2, 0.25) is 0 Å². The zero-order valence-corrected chi connectivity index (χ0v) is 11.6. The molecule has 1 aromatic rings. The molecule has 0 aliphatic heterocycles. The van der Waals surface area contributed by atoms with Gasteiger partial charge >= 0.3 is 6.03 Å². The van der Waals surface area contributed by atoms with E-state index < -0.39 is 11.6 Å². The summed E-state index contributed by atoms with van der Waals surface area (Å²) in [5.41, 5.74) is -0.0904. The van der Waals surface area contributed by atoms with Crippen molar-refractivity contribution in [3.63, 3.8) is 0 Å². The van der Waals surface area contributed by atoms with Crippen molar-refractivity contribution in [1.29, 1.82) is 0 Å². The van der Waals surface area contributed by atoms with E-state index in [1.165, 1.54) is 6.92 Å². The Hall–Kier alpha value is -1.92. The molecule has 2 amide bonds. The Morgan fingerprint density at radius 1 is 1.25 bits per heavy atom. The van der Waals surface area contributed by atoms with E-state index in [1.54, 1.807) is 31.2 Å². The summed E-state index contributed by atoms with van der Waals surface area (Å²) in [6.45, 7) is 2.48. The Balaban J connectivity index is 2.76. The normalized spacial score (nSPS) is 11.0. The van der Waals surface area contributed by atoms with E-state index in [9.17, 15) is 19.8 Å². The third kappa shape index (κ3) is 4.04. The number of ketones is 1. The molecule has 0 aliphatic rings. The number of hydrogen-bond acceptors (Lipinski definition) is 4. The van der Waals surface area contributed by atoms with Crippen LogP contribution in [0.2, 0.25) is 0 Å². The van der Waals surface area contributed by atoms with Gasteiger partial charge in [-0.05, 0) is 25.5 Å². The molecule has 0 saturated heterocycles. The molecule has 0 aromatic heterocycles. The van der Waals surface area contributed by atoms with Crippen LogP contribution in [0, 0.1) is 0 Å². The van der Waals surface area contributed by atoms with Gasteiger partial charge < -0.3 is 20.8 Å². The fraction of sp³-hybridized carbons (Fsp3) is 0.429. The first-order valence-corrected chi connectivity index (χ1v) is 6.38. The second-order valence-corrected chi connectivity index (χ2v) is 4.67. The van der Waals surface area contributed by atoms with Gasteiger partial charge in [0.15, 0.2) is 5.78 Å². The first kappa shape index (κ1) is 16.1. The van der Waals surface area contributed by atoms with E-state index in [0.29, 0.717) is 17.7 Å². The lowest BCUT2D eigenvalue weighted by atomic mass is 9.99. The van der Waals surface area contributed by atoms with Crippen molar-refractivity contribution in [1.82, 2.24) is 5.32 Å². The third-order valence-corrected chi connectivity index (χ3v) is 3.19. The minimum absolute atomic E-state index is 0.0947. The molecule has 0 unspecified atom stereocenters. The second kappa shape index (κ2) is 7.02. The molecule has 0 saturated carbocycles. The topological polar surface area (TPSA) is 98.7 Å². The van der Waals surface area contributed by atoms with Crippen molar-refractivity contribution >= 4 is 17.5 Å². The van der Waals surface area contributed by atoms with E-state index in [-0.39, 0.29) is 19.0 Å². The van der Waals surface area contributed by atoms with E-state index in [4.69, 9.17) is 0 Å². The van der Waals surface area contributed by atoms with Crippen LogP contribution in [-0.4, -0.2) is 40.8 Å². The Bertz CT molecular complexity index is 476. The highest BCUT2D eigenvalue weighted by Crippen LogP contribution is 2.13. The molecule has 0 radical (unpaired) electrons. The molecule has 0 spiro atoms. The molecule has 0 heterocycles. The zero-order chi connectivity index (χ0) is 15.2. The van der Waals surface area contributed by atoms with Gasteiger partial charge in [-0.3, -0.25) is 4.79 Å². The van der Waals surface area contributed by atoms with Crippen molar-refractivity contribution < 1.29 is 19.8 Å². The summed E-state index contributed by atoms with van der Waals surface area (Å²) >= 11 is 0. The van der Waals surface area contributed by atoms with Crippen LogP contribution in [0.5, 0.6) is 0 Å². The van der Waals surface area contributed by atoms with Crippen molar-refractivity contribution in [3.8, 4) is 0 Å². The van der Waals surface area contributed by atoms with E-state index in [0.717, 1.165) is 0 Å². The standard InChI is InChI=1S/C14H20N2O4/c1-3-14(8-17,9-18)16-13(20)15-12-6-4-5-11(7-12)10(2)19/h4-7,17-18H,3,8-9H2,1-2H3,(H2,15,16,20). The van der Waals surface area contributed by atoms with E-state index in [2.05, 4.69) is 10.6 Å². The van der Waals surface area contributed by atoms with Crippen LogP contribution in [0.15, 0.2) is 24.3 Å². The van der Waals surface area contributed by atoms with Crippen LogP contribution >= 0.6 is 0 Å². The molecule has 20 heavy (non-hydrogen) atoms. The lowest BCUT2D eigenvalue weighted by Crippen LogP contribution is -2.55. The average molecular weight is 280 g/mol. The smallest absolute Gasteiger partial charge is 0.319 e. The molecule has 1 aromatic carbocycles. The van der Waals surface area contributed by atoms with Crippen LogP contribution < -0.4 is 10.6 Å². The molecule has 0 atom stereocenters. The predicted molar refractivity (Wildman–Crippen MR) is 75.8 cm³/mol. The van der Waals surface area contributed by atoms with Crippen molar-refractivity contribution in [2.75, 3.05) is 18.5 Å². The highest BCUT2D eigenvalue weighted by molar-refractivity contribution is 5.96. The monoisotopic (exact) mass is 280 g/mol. The Morgan fingerprint density at radius 2 is 1.90 bits per heavy atom. The van der Waals surface area contributed by atoms with Gasteiger partial charge in [-0.25, -0.2) is 4.79 Å². The van der Waals surface area contributed by atoms with Crippen LogP contribution in [0.25, 0.3) is 0 Å². The SMILES string of the molecule is CCC(CO)(CO)NC(=O)Nc1cccc(C(C)=O)c1. The first-order valence-electron chi connectivity index (χ1n) is 6.38. The fourth-order valence-corrected chi connectivity index (χ4v) is 1.66. The quantitative estimate of drug-likeness (QED) is 0.587. The van der Waals surface area contributed by atoms with Gasteiger partial charge in [0.25, 0.3) is 0 Å². The van der Waals surface area contributed by atoms with Crippen molar-refractivity contribution in [2.24, 2.45) is 0 Å². The number of urea groups is 1. The first-order chi connectivity index (χ1) is 9.46. The number of amides is 2. The Labute approximate surface area is 117 Å². The summed E-state index contributed by atoms with van der Waals surface area (Å²) in [7, 11) is 0. The molecule has 0 bridgehead atoms. The maximum atomic E-state index is 11.9. The van der Waals surface area contributed by atoms with Gasteiger partial charge in [0.05, 0.1) is 18.8 Å². The highest BCUT2D eigenvalue weighted by atomic mass is 16.3. The van der Waals surface area contributed by atoms with E-state index in [1.807, 2.05) is 0 Å². The number of hydrogen-bond donors (Lipinski definition) is 4. The average Bonchev–Trinajstić information content (AvgIpc) is 2.45. The summed E-state index contributed by atoms with van der Waals surface area (Å²) in [5, 5.41) is 23.6. The molecule has 0 fully saturated rings. The van der Waals surface area contributed by atoms with Gasteiger partial charge in [-0.2, -0.15) is 0 Å². The number of aliphatic hydroxyl groups is 2. The number of nitrogens with one attached hydrogen (secondary N) is 2. The van der Waals surface area contributed by atoms with Crippen LogP contribution in [0.1, 0.15) is 30.6 Å². The lowest BCUT2D eigenvalue weighted by Gasteiger charge is -2.29. The maximum Gasteiger partial charge on any atom is 0.319 e. The minimum Gasteiger partial charge on any atom is -0.394 e. The minimum atomic E-state index is -1.05. The summed E-state index contributed by atoms with van der Waals surface area (Å²) in [5.74, 6) is -0.0947. The number of aliphatic hydroxyl groups excluding tert-OH is 2. The summed E-state index contributed by atoms with van der Waals surface area (Å²) in [4.78, 5) is 23.1. The number of carbonyl (C=O) groups excluding carboxylic acids is 2. The Kier molecular flexibility index (Phi) is 5.66. The van der Waals surface area contributed by atoms with Crippen molar-refractivity contribution in [2.45, 2.75) is 25.8 Å². The van der Waals surface area contributed by atoms with Crippen LogP contribution in [0.3, 0.4) is 0 Å². The van der Waals surface area contributed by atoms with Crippen LogP contribution in [-0.2, 0) is 0 Å². The van der Waals surface area contributed by atoms with Gasteiger partial charge in [-0.15, -0.1) is 0 Å². The number of benzene rings is 1.